The third-order valence-electron chi connectivity index (χ3n) is 3.06. The van der Waals surface area contributed by atoms with E-state index in [9.17, 15) is 4.79 Å². The Morgan fingerprint density at radius 2 is 2.09 bits per heavy atom. The molecular weight excluding hydrogens is 354 g/mol. The lowest BCUT2D eigenvalue weighted by Crippen LogP contribution is -2.29. The van der Waals surface area contributed by atoms with Gasteiger partial charge in [-0.25, -0.2) is 0 Å². The molecule has 23 heavy (non-hydrogen) atoms. The molecule has 0 aliphatic heterocycles. The molecule has 0 saturated carbocycles. The fourth-order valence-corrected chi connectivity index (χ4v) is 3.04. The summed E-state index contributed by atoms with van der Waals surface area (Å²) < 4.78 is 5.43. The van der Waals surface area contributed by atoms with Gasteiger partial charge in [0.2, 0.25) is 11.8 Å². The number of nitrogens with one attached hydrogen (secondary N) is 1. The number of rotatable bonds is 8. The molecule has 1 unspecified atom stereocenters. The first kappa shape index (κ1) is 18.2. The van der Waals surface area contributed by atoms with Crippen LogP contribution in [0.15, 0.2) is 33.9 Å². The van der Waals surface area contributed by atoms with Crippen molar-refractivity contribution in [2.45, 2.75) is 30.4 Å². The first-order valence-corrected chi connectivity index (χ1v) is 9.87. The molecule has 1 heterocycles. The van der Waals surface area contributed by atoms with Gasteiger partial charge in [0.05, 0.1) is 17.5 Å². The summed E-state index contributed by atoms with van der Waals surface area (Å²) in [5, 5.41) is 11.9. The Morgan fingerprint density at radius 1 is 1.35 bits per heavy atom. The van der Waals surface area contributed by atoms with E-state index in [1.165, 1.54) is 11.8 Å². The molecule has 1 aromatic heterocycles. The second-order valence-electron chi connectivity index (χ2n) is 4.76. The maximum atomic E-state index is 12.1. The van der Waals surface area contributed by atoms with Crippen molar-refractivity contribution in [3.63, 3.8) is 0 Å². The van der Waals surface area contributed by atoms with Crippen LogP contribution in [0.25, 0.3) is 0 Å². The Balaban J connectivity index is 1.85. The van der Waals surface area contributed by atoms with Gasteiger partial charge in [-0.05, 0) is 30.4 Å². The van der Waals surface area contributed by atoms with Crippen LogP contribution in [0.4, 0.5) is 0 Å². The number of aromatic nitrogens is 2. The quantitative estimate of drug-likeness (QED) is 0.709. The lowest BCUT2D eigenvalue weighted by molar-refractivity contribution is -0.119. The molecule has 1 amide bonds. The molecule has 1 N–H and O–H groups in total. The molecule has 5 nitrogen and oxygen atoms in total. The van der Waals surface area contributed by atoms with Crippen molar-refractivity contribution in [1.29, 1.82) is 0 Å². The highest BCUT2D eigenvalue weighted by Gasteiger charge is 2.14. The van der Waals surface area contributed by atoms with Crippen molar-refractivity contribution in [2.75, 3.05) is 12.0 Å². The summed E-state index contributed by atoms with van der Waals surface area (Å²) in [5.74, 6) is 1.42. The molecule has 0 aliphatic carbocycles. The smallest absolute Gasteiger partial charge is 0.277 e. The number of nitrogens with zero attached hydrogens (tertiary/aromatic N) is 2. The van der Waals surface area contributed by atoms with E-state index in [0.29, 0.717) is 21.9 Å². The standard InChI is InChI=1S/C15H18ClN3O2S2/c1-3-12(10-4-6-11(16)7-5-10)17-13(20)8-23-15-19-18-14(21-15)9-22-2/h4-7,12H,3,8-9H2,1-2H3,(H,17,20). The number of carbonyl (C=O) groups is 1. The summed E-state index contributed by atoms with van der Waals surface area (Å²) in [5.41, 5.74) is 1.04. The van der Waals surface area contributed by atoms with Crippen molar-refractivity contribution in [3.05, 3.63) is 40.7 Å². The van der Waals surface area contributed by atoms with Crippen LogP contribution >= 0.6 is 35.1 Å². The monoisotopic (exact) mass is 371 g/mol. The average Bonchev–Trinajstić information content (AvgIpc) is 3.00. The van der Waals surface area contributed by atoms with E-state index in [-0.39, 0.29) is 17.7 Å². The first-order chi connectivity index (χ1) is 11.1. The highest BCUT2D eigenvalue weighted by molar-refractivity contribution is 7.99. The number of halogens is 1. The van der Waals surface area contributed by atoms with Gasteiger partial charge in [0.1, 0.15) is 0 Å². The van der Waals surface area contributed by atoms with Crippen LogP contribution in [-0.4, -0.2) is 28.1 Å². The van der Waals surface area contributed by atoms with E-state index < -0.39 is 0 Å². The molecular formula is C15H18ClN3O2S2. The Hall–Kier alpha value is -1.18. The fraction of sp³-hybridized carbons (Fsp3) is 0.400. The predicted molar refractivity (Wildman–Crippen MR) is 94.9 cm³/mol. The topological polar surface area (TPSA) is 68.0 Å². The van der Waals surface area contributed by atoms with Gasteiger partial charge in [0.15, 0.2) is 0 Å². The predicted octanol–water partition coefficient (Wildman–Crippen LogP) is 3.95. The van der Waals surface area contributed by atoms with Gasteiger partial charge in [0, 0.05) is 5.02 Å². The van der Waals surface area contributed by atoms with Crippen molar-refractivity contribution in [2.24, 2.45) is 0 Å². The van der Waals surface area contributed by atoms with Crippen LogP contribution in [0.3, 0.4) is 0 Å². The second kappa shape index (κ2) is 9.20. The van der Waals surface area contributed by atoms with Gasteiger partial charge in [-0.2, -0.15) is 11.8 Å². The Kier molecular flexibility index (Phi) is 7.26. The van der Waals surface area contributed by atoms with Gasteiger partial charge < -0.3 is 9.73 Å². The van der Waals surface area contributed by atoms with E-state index in [4.69, 9.17) is 16.0 Å². The summed E-state index contributed by atoms with van der Waals surface area (Å²) in [4.78, 5) is 12.1. The van der Waals surface area contributed by atoms with Crippen molar-refractivity contribution < 1.29 is 9.21 Å². The summed E-state index contributed by atoms with van der Waals surface area (Å²) >= 11 is 8.74. The number of hydrogen-bond donors (Lipinski definition) is 1. The van der Waals surface area contributed by atoms with Crippen molar-refractivity contribution >= 4 is 41.0 Å². The lowest BCUT2D eigenvalue weighted by Gasteiger charge is -2.17. The molecule has 0 fully saturated rings. The number of carbonyl (C=O) groups excluding carboxylic acids is 1. The van der Waals surface area contributed by atoms with Gasteiger partial charge >= 0.3 is 0 Å². The SMILES string of the molecule is CCC(NC(=O)CSc1nnc(CSC)o1)c1ccc(Cl)cc1. The summed E-state index contributed by atoms with van der Waals surface area (Å²) in [7, 11) is 0. The van der Waals surface area contributed by atoms with E-state index >= 15 is 0 Å². The van der Waals surface area contributed by atoms with Crippen molar-refractivity contribution in [1.82, 2.24) is 15.5 Å². The molecule has 0 aliphatic rings. The van der Waals surface area contributed by atoms with E-state index in [1.807, 2.05) is 37.4 Å². The molecule has 0 spiro atoms. The maximum Gasteiger partial charge on any atom is 0.277 e. The minimum absolute atomic E-state index is 0.0323. The van der Waals surface area contributed by atoms with Gasteiger partial charge in [-0.1, -0.05) is 42.4 Å². The van der Waals surface area contributed by atoms with Crippen LogP contribution in [0.1, 0.15) is 30.8 Å². The van der Waals surface area contributed by atoms with E-state index in [2.05, 4.69) is 15.5 Å². The fourth-order valence-electron chi connectivity index (χ4n) is 1.96. The zero-order chi connectivity index (χ0) is 16.7. The largest absolute Gasteiger partial charge is 0.415 e. The number of benzene rings is 1. The lowest BCUT2D eigenvalue weighted by atomic mass is 10.0. The number of thioether (sulfide) groups is 2. The third kappa shape index (κ3) is 5.75. The molecule has 1 aromatic carbocycles. The highest BCUT2D eigenvalue weighted by atomic mass is 35.5. The van der Waals surface area contributed by atoms with Crippen molar-refractivity contribution in [3.8, 4) is 0 Å². The van der Waals surface area contributed by atoms with Crippen LogP contribution in [0.5, 0.6) is 0 Å². The molecule has 1 atom stereocenters. The van der Waals surface area contributed by atoms with Gasteiger partial charge in [0.25, 0.3) is 5.22 Å². The normalized spacial score (nSPS) is 12.1. The molecule has 0 saturated heterocycles. The average molecular weight is 372 g/mol. The first-order valence-electron chi connectivity index (χ1n) is 7.11. The second-order valence-corrected chi connectivity index (χ2v) is 6.99. The van der Waals surface area contributed by atoms with Gasteiger partial charge in [-0.3, -0.25) is 4.79 Å². The van der Waals surface area contributed by atoms with Crippen LogP contribution in [-0.2, 0) is 10.5 Å². The summed E-state index contributed by atoms with van der Waals surface area (Å²) in [6, 6.07) is 7.47. The summed E-state index contributed by atoms with van der Waals surface area (Å²) in [6.45, 7) is 2.03. The Labute approximate surface area is 149 Å². The molecule has 0 radical (unpaired) electrons. The maximum absolute atomic E-state index is 12.1. The third-order valence-corrected chi connectivity index (χ3v) is 4.66. The molecule has 0 bridgehead atoms. The Bertz CT molecular complexity index is 634. The minimum Gasteiger partial charge on any atom is -0.415 e. The summed E-state index contributed by atoms with van der Waals surface area (Å²) in [6.07, 6.45) is 2.77. The zero-order valence-electron chi connectivity index (χ0n) is 12.9. The number of hydrogen-bond acceptors (Lipinski definition) is 6. The van der Waals surface area contributed by atoms with E-state index in [0.717, 1.165) is 12.0 Å². The number of amides is 1. The van der Waals surface area contributed by atoms with E-state index in [1.54, 1.807) is 11.8 Å². The molecule has 8 heteroatoms. The van der Waals surface area contributed by atoms with Crippen LogP contribution < -0.4 is 5.32 Å². The molecule has 2 aromatic rings. The van der Waals surface area contributed by atoms with Crippen LogP contribution in [0, 0.1) is 0 Å². The molecule has 2 rings (SSSR count). The van der Waals surface area contributed by atoms with Gasteiger partial charge in [-0.15, -0.1) is 10.2 Å². The molecule has 124 valence electrons. The highest BCUT2D eigenvalue weighted by Crippen LogP contribution is 2.21. The minimum atomic E-state index is -0.0681. The zero-order valence-corrected chi connectivity index (χ0v) is 15.3. The van der Waals surface area contributed by atoms with Crippen LogP contribution in [0.2, 0.25) is 5.02 Å². The Morgan fingerprint density at radius 3 is 2.74 bits per heavy atom.